The molecule has 0 aromatic heterocycles. The van der Waals surface area contributed by atoms with Crippen LogP contribution in [0.25, 0.3) is 0 Å². The highest BCUT2D eigenvalue weighted by molar-refractivity contribution is 7.94. The summed E-state index contributed by atoms with van der Waals surface area (Å²) >= 11 is 1.44. The van der Waals surface area contributed by atoms with Gasteiger partial charge in [0.2, 0.25) is 0 Å². The Balaban J connectivity index is 2.85. The second-order valence-electron chi connectivity index (χ2n) is 3.30. The first-order valence-electron chi connectivity index (χ1n) is 5.92. The molecule has 4 heteroatoms. The molecule has 0 bridgehead atoms. The lowest BCUT2D eigenvalue weighted by Crippen LogP contribution is -2.04. The van der Waals surface area contributed by atoms with Crippen molar-refractivity contribution in [3.05, 3.63) is 12.7 Å². The molecular formula is C12H24O3S. The minimum Gasteiger partial charge on any atom is -0.380 e. The standard InChI is InChI=1S/C12H24O3S/c1-3-5-7-13-9-10-15-16-12-11-14-8-6-4-2/h4H,2-3,5-12H2,1H3. The normalized spacial score (nSPS) is 10.6. The average Bonchev–Trinajstić information content (AvgIpc) is 2.31. The smallest absolute Gasteiger partial charge is 0.0847 e. The Kier molecular flexibility index (Phi) is 14.9. The maximum atomic E-state index is 5.35. The largest absolute Gasteiger partial charge is 0.380 e. The van der Waals surface area contributed by atoms with E-state index in [1.54, 1.807) is 0 Å². The van der Waals surface area contributed by atoms with E-state index in [-0.39, 0.29) is 0 Å². The highest BCUT2D eigenvalue weighted by Gasteiger charge is 1.92. The first-order chi connectivity index (χ1) is 7.91. The lowest BCUT2D eigenvalue weighted by atomic mass is 10.4. The van der Waals surface area contributed by atoms with Gasteiger partial charge >= 0.3 is 0 Å². The van der Waals surface area contributed by atoms with E-state index in [1.165, 1.54) is 18.5 Å². The molecule has 96 valence electrons. The molecule has 0 fully saturated rings. The van der Waals surface area contributed by atoms with Crippen LogP contribution in [-0.4, -0.2) is 38.8 Å². The molecule has 0 heterocycles. The van der Waals surface area contributed by atoms with Crippen LogP contribution < -0.4 is 0 Å². The molecule has 0 saturated heterocycles. The van der Waals surface area contributed by atoms with E-state index < -0.39 is 0 Å². The van der Waals surface area contributed by atoms with Crippen LogP contribution in [0.4, 0.5) is 0 Å². The Morgan fingerprint density at radius 2 is 1.88 bits per heavy atom. The van der Waals surface area contributed by atoms with Gasteiger partial charge in [-0.25, -0.2) is 0 Å². The number of hydrogen-bond acceptors (Lipinski definition) is 4. The van der Waals surface area contributed by atoms with Gasteiger partial charge in [-0.15, -0.1) is 6.58 Å². The molecule has 0 aromatic carbocycles. The van der Waals surface area contributed by atoms with Crippen molar-refractivity contribution >= 4 is 12.0 Å². The molecule has 3 nitrogen and oxygen atoms in total. The third-order valence-corrected chi connectivity index (χ3v) is 2.48. The number of hydrogen-bond donors (Lipinski definition) is 0. The lowest BCUT2D eigenvalue weighted by molar-refractivity contribution is 0.104. The van der Waals surface area contributed by atoms with Crippen molar-refractivity contribution < 1.29 is 13.7 Å². The first kappa shape index (κ1) is 16.0. The van der Waals surface area contributed by atoms with Crippen molar-refractivity contribution in [2.24, 2.45) is 0 Å². The molecule has 0 aliphatic rings. The van der Waals surface area contributed by atoms with Crippen LogP contribution in [0.15, 0.2) is 12.7 Å². The zero-order valence-electron chi connectivity index (χ0n) is 10.3. The van der Waals surface area contributed by atoms with Gasteiger partial charge in [0.1, 0.15) is 0 Å². The molecule has 16 heavy (non-hydrogen) atoms. The molecule has 0 amide bonds. The summed E-state index contributed by atoms with van der Waals surface area (Å²) in [7, 11) is 0. The fourth-order valence-electron chi connectivity index (χ4n) is 0.921. The maximum Gasteiger partial charge on any atom is 0.0847 e. The zero-order valence-corrected chi connectivity index (χ0v) is 11.1. The summed E-state index contributed by atoms with van der Waals surface area (Å²) < 4.78 is 16.0. The molecular weight excluding hydrogens is 224 g/mol. The van der Waals surface area contributed by atoms with Crippen LogP contribution in [-0.2, 0) is 13.7 Å². The molecule has 0 unspecified atom stereocenters. The van der Waals surface area contributed by atoms with Gasteiger partial charge < -0.3 is 13.7 Å². The fourth-order valence-corrected chi connectivity index (χ4v) is 1.41. The van der Waals surface area contributed by atoms with Gasteiger partial charge in [-0.2, -0.15) is 0 Å². The third kappa shape index (κ3) is 14.0. The van der Waals surface area contributed by atoms with Gasteiger partial charge in [-0.05, 0) is 24.9 Å². The first-order valence-corrected chi connectivity index (χ1v) is 6.83. The molecule has 0 aliphatic heterocycles. The summed E-state index contributed by atoms with van der Waals surface area (Å²) in [5.41, 5.74) is 0. The van der Waals surface area contributed by atoms with Gasteiger partial charge in [0, 0.05) is 12.4 Å². The maximum absolute atomic E-state index is 5.35. The summed E-state index contributed by atoms with van der Waals surface area (Å²) in [5, 5.41) is 0. The Labute approximate surface area is 104 Å². The summed E-state index contributed by atoms with van der Waals surface area (Å²) in [4.78, 5) is 0. The van der Waals surface area contributed by atoms with Crippen LogP contribution in [0.2, 0.25) is 0 Å². The van der Waals surface area contributed by atoms with Crippen LogP contribution in [0.1, 0.15) is 26.2 Å². The zero-order chi connectivity index (χ0) is 11.9. The van der Waals surface area contributed by atoms with Gasteiger partial charge in [-0.3, -0.25) is 0 Å². The van der Waals surface area contributed by atoms with Crippen LogP contribution in [0.5, 0.6) is 0 Å². The Bertz CT molecular complexity index is 142. The molecule has 0 aliphatic carbocycles. The van der Waals surface area contributed by atoms with Crippen molar-refractivity contribution in [1.29, 1.82) is 0 Å². The second-order valence-corrected chi connectivity index (χ2v) is 4.18. The van der Waals surface area contributed by atoms with Crippen molar-refractivity contribution in [2.45, 2.75) is 26.2 Å². The van der Waals surface area contributed by atoms with Crippen molar-refractivity contribution in [3.63, 3.8) is 0 Å². The summed E-state index contributed by atoms with van der Waals surface area (Å²) in [5.74, 6) is 0.867. The highest BCUT2D eigenvalue weighted by atomic mass is 32.2. The predicted molar refractivity (Wildman–Crippen MR) is 69.8 cm³/mol. The SMILES string of the molecule is C=CCCOCCSOCCOCCCC. The Morgan fingerprint density at radius 3 is 2.62 bits per heavy atom. The molecule has 0 radical (unpaired) electrons. The minimum atomic E-state index is 0.654. The Hall–Kier alpha value is -0.0300. The molecule has 0 rings (SSSR count). The van der Waals surface area contributed by atoms with Crippen molar-refractivity contribution in [3.8, 4) is 0 Å². The minimum absolute atomic E-state index is 0.654. The van der Waals surface area contributed by atoms with E-state index in [9.17, 15) is 0 Å². The van der Waals surface area contributed by atoms with E-state index in [1.807, 2.05) is 6.08 Å². The van der Waals surface area contributed by atoms with Crippen molar-refractivity contribution in [2.75, 3.05) is 38.8 Å². The Morgan fingerprint density at radius 1 is 1.06 bits per heavy atom. The summed E-state index contributed by atoms with van der Waals surface area (Å²) in [6.07, 6.45) is 5.08. The van der Waals surface area contributed by atoms with E-state index in [0.29, 0.717) is 13.2 Å². The molecule has 0 atom stereocenters. The fraction of sp³-hybridized carbons (Fsp3) is 0.833. The monoisotopic (exact) mass is 248 g/mol. The van der Waals surface area contributed by atoms with Crippen LogP contribution in [0.3, 0.4) is 0 Å². The second kappa shape index (κ2) is 15.0. The van der Waals surface area contributed by atoms with Gasteiger partial charge in [-0.1, -0.05) is 19.4 Å². The number of ether oxygens (including phenoxy) is 2. The van der Waals surface area contributed by atoms with E-state index in [4.69, 9.17) is 13.7 Å². The summed E-state index contributed by atoms with van der Waals surface area (Å²) in [6.45, 7) is 9.45. The van der Waals surface area contributed by atoms with Crippen LogP contribution in [0, 0.1) is 0 Å². The molecule has 0 spiro atoms. The summed E-state index contributed by atoms with van der Waals surface area (Å²) in [6, 6.07) is 0. The topological polar surface area (TPSA) is 27.7 Å². The third-order valence-electron chi connectivity index (χ3n) is 1.81. The van der Waals surface area contributed by atoms with Gasteiger partial charge in [0.05, 0.1) is 26.4 Å². The number of unbranched alkanes of at least 4 members (excludes halogenated alkanes) is 1. The van der Waals surface area contributed by atoms with Crippen molar-refractivity contribution in [1.82, 2.24) is 0 Å². The predicted octanol–water partition coefficient (Wildman–Crippen LogP) is 3.06. The number of rotatable bonds is 13. The van der Waals surface area contributed by atoms with Gasteiger partial charge in [0.15, 0.2) is 0 Å². The quantitative estimate of drug-likeness (QED) is 0.284. The average molecular weight is 248 g/mol. The van der Waals surface area contributed by atoms with E-state index in [2.05, 4.69) is 13.5 Å². The van der Waals surface area contributed by atoms with E-state index >= 15 is 0 Å². The molecule has 0 N–H and O–H groups in total. The van der Waals surface area contributed by atoms with E-state index in [0.717, 1.165) is 38.4 Å². The highest BCUT2D eigenvalue weighted by Crippen LogP contribution is 2.01. The molecule has 0 aromatic rings. The molecule has 0 saturated carbocycles. The lowest BCUT2D eigenvalue weighted by Gasteiger charge is -2.04. The van der Waals surface area contributed by atoms with Crippen LogP contribution >= 0.6 is 12.0 Å². The van der Waals surface area contributed by atoms with Gasteiger partial charge in [0.25, 0.3) is 0 Å².